The van der Waals surface area contributed by atoms with Crippen molar-refractivity contribution in [2.24, 2.45) is 5.73 Å². The van der Waals surface area contributed by atoms with Crippen LogP contribution >= 0.6 is 0 Å². The molecule has 1 aliphatic heterocycles. The van der Waals surface area contributed by atoms with Gasteiger partial charge in [-0.2, -0.15) is 0 Å². The first-order chi connectivity index (χ1) is 8.27. The third-order valence-electron chi connectivity index (χ3n) is 3.51. The Labute approximate surface area is 103 Å². The molecule has 3 nitrogen and oxygen atoms in total. The van der Waals surface area contributed by atoms with Crippen molar-refractivity contribution < 1.29 is 4.74 Å². The molecule has 1 fully saturated rings. The lowest BCUT2D eigenvalue weighted by Gasteiger charge is -2.15. The summed E-state index contributed by atoms with van der Waals surface area (Å²) in [5, 5.41) is 0. The first kappa shape index (κ1) is 12.5. The van der Waals surface area contributed by atoms with E-state index in [1.54, 1.807) is 0 Å². The molecule has 0 saturated carbocycles. The van der Waals surface area contributed by atoms with Crippen LogP contribution in [0.3, 0.4) is 0 Å². The second-order valence-corrected chi connectivity index (χ2v) is 4.85. The van der Waals surface area contributed by atoms with Gasteiger partial charge in [-0.3, -0.25) is 4.98 Å². The molecule has 1 aliphatic rings. The Morgan fingerprint density at radius 2 is 2.47 bits per heavy atom. The summed E-state index contributed by atoms with van der Waals surface area (Å²) < 4.78 is 5.61. The highest BCUT2D eigenvalue weighted by molar-refractivity contribution is 5.21. The highest BCUT2D eigenvalue weighted by Gasteiger charge is 2.16. The lowest BCUT2D eigenvalue weighted by Crippen LogP contribution is -2.13. The Bertz CT molecular complexity index is 348. The average Bonchev–Trinajstić information content (AvgIpc) is 2.82. The molecule has 1 saturated heterocycles. The van der Waals surface area contributed by atoms with Crippen LogP contribution in [0.1, 0.15) is 49.4 Å². The van der Waals surface area contributed by atoms with Crippen molar-refractivity contribution in [1.82, 2.24) is 4.98 Å². The molecule has 1 aromatic heterocycles. The zero-order chi connectivity index (χ0) is 12.1. The minimum atomic E-state index is 0.116. The molecule has 0 spiro atoms. The molecule has 0 radical (unpaired) electrons. The first-order valence-corrected chi connectivity index (χ1v) is 6.56. The molecule has 2 unspecified atom stereocenters. The van der Waals surface area contributed by atoms with E-state index in [-0.39, 0.29) is 6.04 Å². The Morgan fingerprint density at radius 3 is 3.18 bits per heavy atom. The Balaban J connectivity index is 1.77. The maximum absolute atomic E-state index is 6.20. The van der Waals surface area contributed by atoms with Gasteiger partial charge < -0.3 is 10.5 Å². The number of hydrogen-bond acceptors (Lipinski definition) is 3. The zero-order valence-electron chi connectivity index (χ0n) is 10.6. The van der Waals surface area contributed by atoms with Crippen molar-refractivity contribution >= 4 is 0 Å². The molecule has 0 amide bonds. The van der Waals surface area contributed by atoms with Crippen LogP contribution in [0.2, 0.25) is 0 Å². The van der Waals surface area contributed by atoms with E-state index in [0.29, 0.717) is 6.10 Å². The summed E-state index contributed by atoms with van der Waals surface area (Å²) in [6.07, 6.45) is 8.05. The summed E-state index contributed by atoms with van der Waals surface area (Å²) in [5.41, 5.74) is 8.43. The van der Waals surface area contributed by atoms with Crippen molar-refractivity contribution in [3.05, 3.63) is 29.6 Å². The van der Waals surface area contributed by atoms with E-state index in [9.17, 15) is 0 Å². The molecular formula is C14H22N2O. The lowest BCUT2D eigenvalue weighted by atomic mass is 9.99. The molecule has 2 atom stereocenters. The van der Waals surface area contributed by atoms with Crippen molar-refractivity contribution in [1.29, 1.82) is 0 Å². The van der Waals surface area contributed by atoms with Gasteiger partial charge in [-0.25, -0.2) is 0 Å². The fraction of sp³-hybridized carbons (Fsp3) is 0.643. The van der Waals surface area contributed by atoms with E-state index in [1.807, 2.05) is 19.2 Å². The van der Waals surface area contributed by atoms with Crippen molar-refractivity contribution in [2.75, 3.05) is 6.61 Å². The topological polar surface area (TPSA) is 48.1 Å². The van der Waals surface area contributed by atoms with Gasteiger partial charge in [-0.15, -0.1) is 0 Å². The van der Waals surface area contributed by atoms with Crippen LogP contribution in [0.5, 0.6) is 0 Å². The molecular weight excluding hydrogens is 212 g/mol. The molecule has 2 heterocycles. The predicted octanol–water partition coefficient (Wildman–Crippen LogP) is 2.74. The molecule has 0 aliphatic carbocycles. The van der Waals surface area contributed by atoms with E-state index in [4.69, 9.17) is 10.5 Å². The highest BCUT2D eigenvalue weighted by atomic mass is 16.5. The molecule has 3 heteroatoms. The van der Waals surface area contributed by atoms with Gasteiger partial charge >= 0.3 is 0 Å². The van der Waals surface area contributed by atoms with E-state index >= 15 is 0 Å². The lowest BCUT2D eigenvalue weighted by molar-refractivity contribution is 0.101. The van der Waals surface area contributed by atoms with Crippen molar-refractivity contribution in [3.63, 3.8) is 0 Å². The van der Waals surface area contributed by atoms with Crippen LogP contribution in [0.25, 0.3) is 0 Å². The fourth-order valence-corrected chi connectivity index (χ4v) is 2.48. The molecule has 2 rings (SSSR count). The Kier molecular flexibility index (Phi) is 4.51. The minimum absolute atomic E-state index is 0.116. The van der Waals surface area contributed by atoms with Gasteiger partial charge in [-0.05, 0) is 50.7 Å². The van der Waals surface area contributed by atoms with Crippen LogP contribution in [-0.4, -0.2) is 17.7 Å². The number of aromatic nitrogens is 1. The minimum Gasteiger partial charge on any atom is -0.378 e. The highest BCUT2D eigenvalue weighted by Crippen LogP contribution is 2.22. The fourth-order valence-electron chi connectivity index (χ4n) is 2.48. The Hall–Kier alpha value is -0.930. The van der Waals surface area contributed by atoms with Crippen LogP contribution in [-0.2, 0) is 4.74 Å². The number of rotatable bonds is 5. The maximum Gasteiger partial charge on any atom is 0.0576 e. The monoisotopic (exact) mass is 234 g/mol. The van der Waals surface area contributed by atoms with Gasteiger partial charge in [0.25, 0.3) is 0 Å². The number of hydrogen-bond donors (Lipinski definition) is 1. The summed E-state index contributed by atoms with van der Waals surface area (Å²) in [7, 11) is 0. The van der Waals surface area contributed by atoms with Crippen LogP contribution in [0.15, 0.2) is 18.3 Å². The molecule has 94 valence electrons. The van der Waals surface area contributed by atoms with Gasteiger partial charge in [0, 0.05) is 24.5 Å². The number of nitrogens with two attached hydrogens (primary N) is 1. The summed E-state index contributed by atoms with van der Waals surface area (Å²) in [6, 6.07) is 4.16. The summed E-state index contributed by atoms with van der Waals surface area (Å²) in [4.78, 5) is 4.28. The summed E-state index contributed by atoms with van der Waals surface area (Å²) >= 11 is 0. The number of aryl methyl sites for hydroxylation is 1. The van der Waals surface area contributed by atoms with Gasteiger partial charge in [-0.1, -0.05) is 6.07 Å². The largest absolute Gasteiger partial charge is 0.378 e. The first-order valence-electron chi connectivity index (χ1n) is 6.56. The van der Waals surface area contributed by atoms with Gasteiger partial charge in [0.2, 0.25) is 0 Å². The van der Waals surface area contributed by atoms with Crippen molar-refractivity contribution in [2.45, 2.75) is 51.2 Å². The summed E-state index contributed by atoms with van der Waals surface area (Å²) in [5.74, 6) is 0. The molecule has 0 bridgehead atoms. The quantitative estimate of drug-likeness (QED) is 0.852. The molecule has 0 aromatic carbocycles. The second-order valence-electron chi connectivity index (χ2n) is 4.85. The molecule has 1 aromatic rings. The standard InChI is InChI=1S/C14H22N2O/c1-11-13(7-3-9-16-11)14(15)8-2-5-12-6-4-10-17-12/h3,7,9,12,14H,2,4-6,8,10,15H2,1H3. The van der Waals surface area contributed by atoms with E-state index in [1.165, 1.54) is 18.4 Å². The van der Waals surface area contributed by atoms with E-state index in [2.05, 4.69) is 11.1 Å². The van der Waals surface area contributed by atoms with Gasteiger partial charge in [0.15, 0.2) is 0 Å². The van der Waals surface area contributed by atoms with Crippen LogP contribution in [0.4, 0.5) is 0 Å². The normalized spacial score (nSPS) is 21.6. The zero-order valence-corrected chi connectivity index (χ0v) is 10.6. The third-order valence-corrected chi connectivity index (χ3v) is 3.51. The number of pyridine rings is 1. The van der Waals surface area contributed by atoms with Gasteiger partial charge in [0.05, 0.1) is 6.10 Å². The maximum atomic E-state index is 6.20. The second kappa shape index (κ2) is 6.12. The van der Waals surface area contributed by atoms with E-state index < -0.39 is 0 Å². The predicted molar refractivity (Wildman–Crippen MR) is 68.7 cm³/mol. The molecule has 17 heavy (non-hydrogen) atoms. The van der Waals surface area contributed by atoms with Crippen molar-refractivity contribution in [3.8, 4) is 0 Å². The third kappa shape index (κ3) is 3.51. The van der Waals surface area contributed by atoms with Crippen LogP contribution < -0.4 is 5.73 Å². The SMILES string of the molecule is Cc1ncccc1C(N)CCCC1CCCO1. The summed E-state index contributed by atoms with van der Waals surface area (Å²) in [6.45, 7) is 2.97. The average molecular weight is 234 g/mol. The van der Waals surface area contributed by atoms with Gasteiger partial charge in [0.1, 0.15) is 0 Å². The Morgan fingerprint density at radius 1 is 1.59 bits per heavy atom. The van der Waals surface area contributed by atoms with E-state index in [0.717, 1.165) is 31.6 Å². The smallest absolute Gasteiger partial charge is 0.0576 e. The number of nitrogens with zero attached hydrogens (tertiary/aromatic N) is 1. The number of ether oxygens (including phenoxy) is 1. The molecule has 2 N–H and O–H groups in total. The van der Waals surface area contributed by atoms with Crippen LogP contribution in [0, 0.1) is 6.92 Å².